The summed E-state index contributed by atoms with van der Waals surface area (Å²) in [5, 5.41) is 19.9. The first kappa shape index (κ1) is 24.2. The average Bonchev–Trinajstić information content (AvgIpc) is 2.78. The molecule has 0 saturated carbocycles. The molecule has 1 aliphatic heterocycles. The number of aliphatic hydroxyl groups is 2. The first-order valence-corrected chi connectivity index (χ1v) is 11.7. The van der Waals surface area contributed by atoms with Crippen LogP contribution in [0.3, 0.4) is 0 Å². The van der Waals surface area contributed by atoms with Crippen LogP contribution in [0.2, 0.25) is 0 Å². The molecule has 1 aromatic heterocycles. The second-order valence-corrected chi connectivity index (χ2v) is 9.87. The van der Waals surface area contributed by atoms with Gasteiger partial charge in [-0.15, -0.1) is 0 Å². The number of nitrogens with one attached hydrogen (secondary N) is 1. The fourth-order valence-corrected chi connectivity index (χ4v) is 5.23. The lowest BCUT2D eigenvalue weighted by Gasteiger charge is -2.19. The second kappa shape index (κ2) is 8.61. The van der Waals surface area contributed by atoms with Crippen LogP contribution in [-0.4, -0.2) is 64.3 Å². The standard InChI is InChI=1S/C9H15N2O15P3/c12-5-1-2-11(9(15)10-5)8-7(14)6(13)4(24-8)3-23-28(19,20)26-29(21,22)25-27(16,17)18/h1-2,4,6-8,13-14H,3H2,(H,19,20)(H,21,22)(H,10,12,15)(H2,16,17,18)/t4-,6-,7-,8-/m1/s1/i10+1,11+1. The molecule has 0 spiro atoms. The van der Waals surface area contributed by atoms with Gasteiger partial charge < -0.3 is 34.5 Å². The van der Waals surface area contributed by atoms with Crippen molar-refractivity contribution in [2.45, 2.75) is 24.5 Å². The Bertz CT molecular complexity index is 997. The molecule has 1 fully saturated rings. The maximum atomic E-state index is 11.7. The quantitative estimate of drug-likeness (QED) is 0.187. The summed E-state index contributed by atoms with van der Waals surface area (Å²) in [6.45, 7) is -1.05. The molecule has 29 heavy (non-hydrogen) atoms. The highest BCUT2D eigenvalue weighted by atomic mass is 31.3. The fourth-order valence-electron chi connectivity index (χ4n) is 2.20. The van der Waals surface area contributed by atoms with Crippen LogP contribution < -0.4 is 11.2 Å². The van der Waals surface area contributed by atoms with Crippen LogP contribution in [0.1, 0.15) is 6.23 Å². The molecule has 20 heteroatoms. The van der Waals surface area contributed by atoms with Gasteiger partial charge in [0.05, 0.1) is 6.61 Å². The van der Waals surface area contributed by atoms with E-state index in [0.717, 1.165) is 12.3 Å². The van der Waals surface area contributed by atoms with Crippen molar-refractivity contribution >= 4 is 23.5 Å². The number of rotatable bonds is 8. The molecule has 6 atom stereocenters. The van der Waals surface area contributed by atoms with Crippen LogP contribution in [0.5, 0.6) is 0 Å². The van der Waals surface area contributed by atoms with Crippen LogP contribution in [-0.2, 0) is 31.6 Å². The van der Waals surface area contributed by atoms with Crippen LogP contribution in [0, 0.1) is 0 Å². The topological polar surface area (TPSA) is 264 Å². The Morgan fingerprint density at radius 1 is 1.03 bits per heavy atom. The Kier molecular flexibility index (Phi) is 7.20. The van der Waals surface area contributed by atoms with Crippen molar-refractivity contribution in [1.82, 2.24) is 9.55 Å². The van der Waals surface area contributed by atoms with Crippen LogP contribution in [0.25, 0.3) is 0 Å². The highest BCUT2D eigenvalue weighted by Gasteiger charge is 2.46. The SMILES string of the molecule is O=c1cc[15n]([C@@H]2O[C@H](COP(=O)(O)OP(=O)(O)OP(=O)(O)O)[C@@H](O)[C@H]2O)c(=O)[15nH]1. The lowest BCUT2D eigenvalue weighted by atomic mass is 10.1. The smallest absolute Gasteiger partial charge is 0.387 e. The van der Waals surface area contributed by atoms with E-state index in [1.54, 1.807) is 0 Å². The summed E-state index contributed by atoms with van der Waals surface area (Å²) in [5.41, 5.74) is -1.74. The zero-order chi connectivity index (χ0) is 22.2. The van der Waals surface area contributed by atoms with Crippen molar-refractivity contribution in [3.63, 3.8) is 0 Å². The van der Waals surface area contributed by atoms with E-state index in [1.807, 2.05) is 4.98 Å². The summed E-state index contributed by atoms with van der Waals surface area (Å²) in [6, 6.07) is 0.920. The van der Waals surface area contributed by atoms with Crippen LogP contribution >= 0.6 is 23.5 Å². The summed E-state index contributed by atoms with van der Waals surface area (Å²) in [4.78, 5) is 59.9. The van der Waals surface area contributed by atoms with Gasteiger partial charge in [-0.3, -0.25) is 18.9 Å². The van der Waals surface area contributed by atoms with E-state index in [1.165, 1.54) is 0 Å². The Morgan fingerprint density at radius 2 is 1.66 bits per heavy atom. The molecule has 1 aliphatic rings. The number of aliphatic hydroxyl groups excluding tert-OH is 2. The number of H-pyrrole nitrogens is 1. The van der Waals surface area contributed by atoms with Crippen LogP contribution in [0.15, 0.2) is 21.9 Å². The van der Waals surface area contributed by atoms with Crippen molar-refractivity contribution < 1.29 is 61.4 Å². The molecule has 7 N–H and O–H groups in total. The molecular formula is C9H15N2O15P3. The van der Waals surface area contributed by atoms with E-state index in [9.17, 15) is 38.4 Å². The van der Waals surface area contributed by atoms with Gasteiger partial charge in [-0.25, -0.2) is 18.5 Å². The van der Waals surface area contributed by atoms with Gasteiger partial charge >= 0.3 is 29.2 Å². The minimum Gasteiger partial charge on any atom is -0.387 e. The molecule has 2 rings (SSSR count). The second-order valence-electron chi connectivity index (χ2n) is 5.45. The highest BCUT2D eigenvalue weighted by Crippen LogP contribution is 2.66. The van der Waals surface area contributed by atoms with E-state index in [-0.39, 0.29) is 0 Å². The van der Waals surface area contributed by atoms with E-state index in [4.69, 9.17) is 19.4 Å². The summed E-state index contributed by atoms with van der Waals surface area (Å²) < 4.78 is 50.6. The normalized spacial score (nSPS) is 29.3. The first-order valence-electron chi connectivity index (χ1n) is 7.22. The zero-order valence-corrected chi connectivity index (χ0v) is 16.5. The van der Waals surface area contributed by atoms with E-state index in [2.05, 4.69) is 13.1 Å². The summed E-state index contributed by atoms with van der Waals surface area (Å²) in [6.07, 6.45) is -5.70. The van der Waals surface area contributed by atoms with Crippen LogP contribution in [0.4, 0.5) is 0 Å². The summed E-state index contributed by atoms with van der Waals surface area (Å²) in [7, 11) is -16.8. The number of hydrogen-bond acceptors (Lipinski definition) is 11. The summed E-state index contributed by atoms with van der Waals surface area (Å²) >= 11 is 0. The van der Waals surface area contributed by atoms with E-state index >= 15 is 0 Å². The maximum Gasteiger partial charge on any atom is 0.490 e. The molecule has 0 aromatic carbocycles. The predicted octanol–water partition coefficient (Wildman–Crippen LogP) is -2.50. The third-order valence-corrected chi connectivity index (χ3v) is 7.08. The van der Waals surface area contributed by atoms with Crippen molar-refractivity contribution in [2.75, 3.05) is 6.61 Å². The van der Waals surface area contributed by atoms with Crippen molar-refractivity contribution in [3.8, 4) is 0 Å². The van der Waals surface area contributed by atoms with Crippen molar-refractivity contribution in [1.29, 1.82) is 0 Å². The van der Waals surface area contributed by atoms with Gasteiger partial charge in [0.1, 0.15) is 18.3 Å². The lowest BCUT2D eigenvalue weighted by molar-refractivity contribution is -0.0542. The summed E-state index contributed by atoms with van der Waals surface area (Å²) in [5.74, 6) is 0. The Labute approximate surface area is 159 Å². The zero-order valence-electron chi connectivity index (χ0n) is 13.8. The number of nitrogens with zero attached hydrogens (tertiary/aromatic N) is 1. The largest absolute Gasteiger partial charge is 0.490 e. The molecule has 1 aromatic rings. The monoisotopic (exact) mass is 486 g/mol. The Morgan fingerprint density at radius 3 is 2.21 bits per heavy atom. The van der Waals surface area contributed by atoms with Crippen molar-refractivity contribution in [2.24, 2.45) is 0 Å². The predicted molar refractivity (Wildman–Crippen MR) is 87.1 cm³/mol. The number of aromatic nitrogens is 2. The highest BCUT2D eigenvalue weighted by molar-refractivity contribution is 7.66. The third kappa shape index (κ3) is 6.73. The molecule has 166 valence electrons. The number of ether oxygens (including phenoxy) is 1. The number of phosphoric acid groups is 3. The molecule has 0 bridgehead atoms. The molecule has 2 heterocycles. The van der Waals surface area contributed by atoms with E-state index < -0.39 is 65.9 Å². The number of aromatic amines is 1. The van der Waals surface area contributed by atoms with Gasteiger partial charge in [0, 0.05) is 12.3 Å². The lowest BCUT2D eigenvalue weighted by Crippen LogP contribution is -2.37. The number of hydrogen-bond donors (Lipinski definition) is 7. The molecule has 17 nitrogen and oxygen atoms in total. The molecule has 0 aliphatic carbocycles. The van der Waals surface area contributed by atoms with Gasteiger partial charge in [0.25, 0.3) is 5.56 Å². The van der Waals surface area contributed by atoms with E-state index in [0.29, 0.717) is 4.57 Å². The van der Waals surface area contributed by atoms with Gasteiger partial charge in [0.2, 0.25) is 0 Å². The van der Waals surface area contributed by atoms with Crippen molar-refractivity contribution in [3.05, 3.63) is 33.1 Å². The maximum absolute atomic E-state index is 11.7. The fraction of sp³-hybridized carbons (Fsp3) is 0.556. The van der Waals surface area contributed by atoms with Gasteiger partial charge in [-0.1, -0.05) is 0 Å². The number of phosphoric ester groups is 1. The van der Waals surface area contributed by atoms with Gasteiger partial charge in [-0.05, 0) is 0 Å². The minimum atomic E-state index is -5.73. The molecule has 2 unspecified atom stereocenters. The van der Waals surface area contributed by atoms with Gasteiger partial charge in [-0.2, -0.15) is 8.62 Å². The Hall–Kier alpha value is -1.03. The minimum absolute atomic E-state index is 0.708. The first-order chi connectivity index (χ1) is 13.1. The van der Waals surface area contributed by atoms with Gasteiger partial charge in [0.15, 0.2) is 6.23 Å². The third-order valence-electron chi connectivity index (χ3n) is 3.28. The molecule has 0 amide bonds. The Balaban J connectivity index is 2.06. The molecular weight excluding hydrogens is 471 g/mol. The molecule has 0 radical (unpaired) electrons. The average molecular weight is 486 g/mol. The molecule has 1 saturated heterocycles.